The summed E-state index contributed by atoms with van der Waals surface area (Å²) in [4.78, 5) is 16.9. The van der Waals surface area contributed by atoms with Crippen LogP contribution in [0.1, 0.15) is 24.8 Å². The van der Waals surface area contributed by atoms with Gasteiger partial charge in [0.15, 0.2) is 0 Å². The number of nitrogens with one attached hydrogen (secondary N) is 1. The molecule has 0 spiro atoms. The zero-order chi connectivity index (χ0) is 22.1. The summed E-state index contributed by atoms with van der Waals surface area (Å²) in [5.74, 6) is 0.681. The smallest absolute Gasteiger partial charge is 0.241 e. The van der Waals surface area contributed by atoms with Crippen LogP contribution < -0.4 is 10.5 Å². The highest BCUT2D eigenvalue weighted by atomic mass is 32.2. The molecule has 3 heterocycles. The summed E-state index contributed by atoms with van der Waals surface area (Å²) < 4.78 is 33.0. The van der Waals surface area contributed by atoms with Crippen molar-refractivity contribution >= 4 is 21.7 Å². The second-order valence-corrected chi connectivity index (χ2v) is 10.8. The molecule has 3 aromatic heterocycles. The first-order chi connectivity index (χ1) is 15.3. The van der Waals surface area contributed by atoms with Gasteiger partial charge in [0.1, 0.15) is 6.33 Å². The molecule has 0 aliphatic heterocycles. The summed E-state index contributed by atoms with van der Waals surface area (Å²) in [6.45, 7) is 2.80. The summed E-state index contributed by atoms with van der Waals surface area (Å²) in [7, 11) is -3.67. The Morgan fingerprint density at radius 1 is 1.22 bits per heavy atom. The molecule has 1 aromatic carbocycles. The number of hydrogen-bond donors (Lipinski definition) is 2. The van der Waals surface area contributed by atoms with E-state index in [2.05, 4.69) is 29.2 Å². The standard InChI is InChI=1S/C21H22N8O2S/c1-14-2-3-15(6-16(14)17-7-29-18(22)24-12-25-19(29)26-17)32(30,31)27-21-8-20(9-21,10-21)11-28-5-4-23-13-28/h2-7,12-13,27H,8-11H2,1H3,(H2,22,24,25,26). The van der Waals surface area contributed by atoms with E-state index in [1.165, 1.54) is 6.33 Å². The Morgan fingerprint density at radius 2 is 2.03 bits per heavy atom. The summed E-state index contributed by atoms with van der Waals surface area (Å²) in [6.07, 6.45) is 11.1. The van der Waals surface area contributed by atoms with Crippen molar-refractivity contribution in [2.24, 2.45) is 5.41 Å². The second-order valence-electron chi connectivity index (χ2n) is 9.16. The van der Waals surface area contributed by atoms with Crippen molar-refractivity contribution in [1.29, 1.82) is 0 Å². The Bertz CT molecular complexity index is 1440. The number of imidazole rings is 2. The first kappa shape index (κ1) is 19.4. The van der Waals surface area contributed by atoms with Crippen LogP contribution in [0.5, 0.6) is 0 Å². The maximum atomic E-state index is 13.2. The minimum atomic E-state index is -3.67. The Kier molecular flexibility index (Phi) is 3.85. The van der Waals surface area contributed by atoms with E-state index < -0.39 is 10.0 Å². The maximum Gasteiger partial charge on any atom is 0.241 e. The van der Waals surface area contributed by atoms with Crippen LogP contribution in [0, 0.1) is 12.3 Å². The molecular formula is C21H22N8O2S. The van der Waals surface area contributed by atoms with Gasteiger partial charge < -0.3 is 10.3 Å². The number of nitrogens with zero attached hydrogens (tertiary/aromatic N) is 6. The van der Waals surface area contributed by atoms with E-state index in [-0.39, 0.29) is 21.8 Å². The molecule has 3 N–H and O–H groups in total. The summed E-state index contributed by atoms with van der Waals surface area (Å²) in [6, 6.07) is 5.10. The fourth-order valence-electron chi connectivity index (χ4n) is 5.39. The number of sulfonamides is 1. The monoisotopic (exact) mass is 450 g/mol. The molecule has 11 heteroatoms. The largest absolute Gasteiger partial charge is 0.369 e. The van der Waals surface area contributed by atoms with E-state index in [4.69, 9.17) is 5.73 Å². The fourth-order valence-corrected chi connectivity index (χ4v) is 6.82. The summed E-state index contributed by atoms with van der Waals surface area (Å²) >= 11 is 0. The third-order valence-electron chi connectivity index (χ3n) is 6.66. The molecule has 7 rings (SSSR count). The van der Waals surface area contributed by atoms with E-state index in [9.17, 15) is 8.42 Å². The minimum Gasteiger partial charge on any atom is -0.369 e. The van der Waals surface area contributed by atoms with Crippen LogP contribution in [0.2, 0.25) is 0 Å². The van der Waals surface area contributed by atoms with Gasteiger partial charge in [-0.3, -0.25) is 4.40 Å². The molecule has 3 fully saturated rings. The Labute approximate surface area is 184 Å². The molecule has 10 nitrogen and oxygen atoms in total. The molecule has 32 heavy (non-hydrogen) atoms. The number of aryl methyl sites for hydroxylation is 1. The number of nitrogen functional groups attached to an aromatic ring is 1. The number of rotatable bonds is 6. The second kappa shape index (κ2) is 6.36. The number of anilines is 1. The van der Waals surface area contributed by atoms with Crippen LogP contribution in [-0.2, 0) is 16.6 Å². The van der Waals surface area contributed by atoms with Crippen molar-refractivity contribution in [2.75, 3.05) is 5.73 Å². The number of hydrogen-bond acceptors (Lipinski definition) is 7. The van der Waals surface area contributed by atoms with E-state index in [1.54, 1.807) is 35.0 Å². The Hall–Kier alpha value is -3.31. The Morgan fingerprint density at radius 3 is 2.75 bits per heavy atom. The Balaban J connectivity index is 1.25. The zero-order valence-electron chi connectivity index (χ0n) is 17.4. The highest BCUT2D eigenvalue weighted by Gasteiger charge is 2.68. The molecule has 0 saturated heterocycles. The molecule has 3 aliphatic rings. The summed E-state index contributed by atoms with van der Waals surface area (Å²) in [5.41, 5.74) is 7.95. The third kappa shape index (κ3) is 2.92. The molecule has 2 bridgehead atoms. The molecule has 0 unspecified atom stereocenters. The lowest BCUT2D eigenvalue weighted by Gasteiger charge is -2.70. The van der Waals surface area contributed by atoms with Gasteiger partial charge in [0.05, 0.1) is 16.9 Å². The van der Waals surface area contributed by atoms with Gasteiger partial charge in [-0.15, -0.1) is 0 Å². The molecule has 3 aliphatic carbocycles. The van der Waals surface area contributed by atoms with Crippen molar-refractivity contribution in [3.05, 3.63) is 55.0 Å². The summed E-state index contributed by atoms with van der Waals surface area (Å²) in [5, 5.41) is 0. The number of benzene rings is 1. The average molecular weight is 451 g/mol. The third-order valence-corrected chi connectivity index (χ3v) is 8.24. The van der Waals surface area contributed by atoms with Gasteiger partial charge in [-0.05, 0) is 49.3 Å². The minimum absolute atomic E-state index is 0.180. The van der Waals surface area contributed by atoms with Gasteiger partial charge in [0.2, 0.25) is 21.7 Å². The lowest BCUT2D eigenvalue weighted by atomic mass is 9.40. The van der Waals surface area contributed by atoms with Crippen molar-refractivity contribution in [1.82, 2.24) is 33.6 Å². The first-order valence-corrected chi connectivity index (χ1v) is 11.8. The molecular weight excluding hydrogens is 428 g/mol. The highest BCUT2D eigenvalue weighted by Crippen LogP contribution is 2.68. The van der Waals surface area contributed by atoms with Gasteiger partial charge in [-0.25, -0.2) is 33.1 Å². The van der Waals surface area contributed by atoms with Crippen molar-refractivity contribution in [3.8, 4) is 11.3 Å². The fraction of sp³-hybridized carbons (Fsp3) is 0.333. The van der Waals surface area contributed by atoms with Gasteiger partial charge in [0.25, 0.3) is 0 Å². The zero-order valence-corrected chi connectivity index (χ0v) is 18.2. The number of fused-ring (bicyclic) bond motifs is 1. The van der Waals surface area contributed by atoms with E-state index >= 15 is 0 Å². The van der Waals surface area contributed by atoms with Crippen molar-refractivity contribution in [3.63, 3.8) is 0 Å². The van der Waals surface area contributed by atoms with Gasteiger partial charge in [-0.1, -0.05) is 6.07 Å². The van der Waals surface area contributed by atoms with Crippen molar-refractivity contribution < 1.29 is 8.42 Å². The van der Waals surface area contributed by atoms with Crippen LogP contribution in [0.15, 0.2) is 54.3 Å². The average Bonchev–Trinajstić information content (AvgIpc) is 3.35. The van der Waals surface area contributed by atoms with Crippen molar-refractivity contribution in [2.45, 2.75) is 43.2 Å². The molecule has 0 radical (unpaired) electrons. The molecule has 4 aromatic rings. The quantitative estimate of drug-likeness (QED) is 0.457. The number of aromatic nitrogens is 6. The normalized spacial score (nSPS) is 24.3. The molecule has 0 atom stereocenters. The van der Waals surface area contributed by atoms with E-state index in [0.29, 0.717) is 17.0 Å². The lowest BCUT2D eigenvalue weighted by Crippen LogP contribution is -2.75. The van der Waals surface area contributed by atoms with E-state index in [0.717, 1.165) is 31.4 Å². The van der Waals surface area contributed by atoms with Gasteiger partial charge in [0, 0.05) is 36.2 Å². The predicted molar refractivity (Wildman–Crippen MR) is 117 cm³/mol. The topological polar surface area (TPSA) is 133 Å². The van der Waals surface area contributed by atoms with Crippen LogP contribution in [-0.4, -0.2) is 42.9 Å². The van der Waals surface area contributed by atoms with Gasteiger partial charge >= 0.3 is 0 Å². The van der Waals surface area contributed by atoms with Crippen LogP contribution in [0.25, 0.3) is 17.0 Å². The van der Waals surface area contributed by atoms with Crippen LogP contribution >= 0.6 is 0 Å². The molecule has 164 valence electrons. The molecule has 0 amide bonds. The van der Waals surface area contributed by atoms with Crippen LogP contribution in [0.4, 0.5) is 5.95 Å². The van der Waals surface area contributed by atoms with Gasteiger partial charge in [-0.2, -0.15) is 0 Å². The molecule has 3 saturated carbocycles. The van der Waals surface area contributed by atoms with E-state index in [1.807, 2.05) is 19.4 Å². The lowest BCUT2D eigenvalue weighted by molar-refractivity contribution is -0.151. The maximum absolute atomic E-state index is 13.2. The SMILES string of the molecule is Cc1ccc(S(=O)(=O)NC23CC(Cn4ccnc4)(C2)C3)cc1-c1cn2c(N)ncnc2n1. The van der Waals surface area contributed by atoms with Crippen LogP contribution in [0.3, 0.4) is 0 Å². The predicted octanol–water partition coefficient (Wildman–Crippen LogP) is 1.78. The number of nitrogens with two attached hydrogens (primary N) is 1. The first-order valence-electron chi connectivity index (χ1n) is 10.3. The highest BCUT2D eigenvalue weighted by molar-refractivity contribution is 7.89.